The molecule has 4 heteroatoms. The van der Waals surface area contributed by atoms with Crippen LogP contribution in [0.15, 0.2) is 0 Å². The summed E-state index contributed by atoms with van der Waals surface area (Å²) in [4.78, 5) is 12.5. The summed E-state index contributed by atoms with van der Waals surface area (Å²) < 4.78 is 0. The van der Waals surface area contributed by atoms with E-state index in [1.54, 1.807) is 19.0 Å². The second-order valence-electron chi connectivity index (χ2n) is 4.07. The van der Waals surface area contributed by atoms with Crippen LogP contribution in [0.4, 0.5) is 0 Å². The van der Waals surface area contributed by atoms with Gasteiger partial charge in [-0.15, -0.1) is 12.4 Å². The van der Waals surface area contributed by atoms with Gasteiger partial charge in [0.25, 0.3) is 0 Å². The number of rotatable bonds is 2. The van der Waals surface area contributed by atoms with Gasteiger partial charge in [-0.25, -0.2) is 0 Å². The minimum absolute atomic E-state index is 0. The van der Waals surface area contributed by atoms with Gasteiger partial charge >= 0.3 is 5.97 Å². The van der Waals surface area contributed by atoms with E-state index in [0.717, 1.165) is 0 Å². The van der Waals surface area contributed by atoms with Crippen molar-refractivity contribution in [3.8, 4) is 0 Å². The van der Waals surface area contributed by atoms with E-state index >= 15 is 0 Å². The zero-order valence-electron chi connectivity index (χ0n) is 8.29. The summed E-state index contributed by atoms with van der Waals surface area (Å²) >= 11 is 0. The third-order valence-electron chi connectivity index (χ3n) is 1.57. The third-order valence-corrected chi connectivity index (χ3v) is 1.57. The van der Waals surface area contributed by atoms with E-state index in [2.05, 4.69) is 0 Å². The Kier molecular flexibility index (Phi) is 5.55. The zero-order valence-corrected chi connectivity index (χ0v) is 9.10. The second kappa shape index (κ2) is 4.67. The lowest BCUT2D eigenvalue weighted by Crippen LogP contribution is -2.45. The van der Waals surface area contributed by atoms with Crippen molar-refractivity contribution < 1.29 is 9.90 Å². The van der Waals surface area contributed by atoms with Crippen molar-refractivity contribution in [3.05, 3.63) is 0 Å². The molecule has 0 fully saturated rings. The van der Waals surface area contributed by atoms with Crippen LogP contribution >= 0.6 is 12.4 Å². The fourth-order valence-corrected chi connectivity index (χ4v) is 1.37. The maximum atomic E-state index is 10.7. The number of hydrogen-bond donors (Lipinski definition) is 1. The Morgan fingerprint density at radius 2 is 1.67 bits per heavy atom. The SMILES string of the molecule is CN(C)C(C(=O)O)C(C)(C)C.Cl. The quantitative estimate of drug-likeness (QED) is 0.726. The summed E-state index contributed by atoms with van der Waals surface area (Å²) in [6, 6.07) is -0.414. The van der Waals surface area contributed by atoms with Gasteiger partial charge in [-0.2, -0.15) is 0 Å². The maximum Gasteiger partial charge on any atom is 0.321 e. The Morgan fingerprint density at radius 3 is 1.67 bits per heavy atom. The van der Waals surface area contributed by atoms with Crippen molar-refractivity contribution in [2.75, 3.05) is 14.1 Å². The molecule has 0 saturated heterocycles. The average molecular weight is 196 g/mol. The highest BCUT2D eigenvalue weighted by Gasteiger charge is 2.32. The molecule has 0 aliphatic rings. The molecule has 1 atom stereocenters. The molecule has 1 unspecified atom stereocenters. The van der Waals surface area contributed by atoms with E-state index < -0.39 is 12.0 Å². The Balaban J connectivity index is 0. The van der Waals surface area contributed by atoms with Crippen LogP contribution in [0.2, 0.25) is 0 Å². The summed E-state index contributed by atoms with van der Waals surface area (Å²) in [6.07, 6.45) is 0. The molecule has 3 nitrogen and oxygen atoms in total. The molecule has 0 amide bonds. The van der Waals surface area contributed by atoms with Crippen molar-refractivity contribution in [1.29, 1.82) is 0 Å². The number of halogens is 1. The van der Waals surface area contributed by atoms with Crippen molar-refractivity contribution >= 4 is 18.4 Å². The smallest absolute Gasteiger partial charge is 0.321 e. The number of carboxylic acid groups (broad SMARTS) is 1. The lowest BCUT2D eigenvalue weighted by atomic mass is 9.86. The molecule has 74 valence electrons. The Morgan fingerprint density at radius 1 is 1.33 bits per heavy atom. The molecule has 0 radical (unpaired) electrons. The van der Waals surface area contributed by atoms with E-state index in [1.165, 1.54) is 0 Å². The number of likely N-dealkylation sites (N-methyl/N-ethyl adjacent to an activating group) is 1. The van der Waals surface area contributed by atoms with Gasteiger partial charge in [0.2, 0.25) is 0 Å². The van der Waals surface area contributed by atoms with Crippen LogP contribution in [0, 0.1) is 5.41 Å². The number of nitrogens with zero attached hydrogens (tertiary/aromatic N) is 1. The van der Waals surface area contributed by atoms with Crippen LogP contribution < -0.4 is 0 Å². The highest BCUT2D eigenvalue weighted by molar-refractivity contribution is 5.85. The molecular formula is C8H18ClNO2. The Hall–Kier alpha value is -0.280. The number of aliphatic carboxylic acids is 1. The fourth-order valence-electron chi connectivity index (χ4n) is 1.37. The van der Waals surface area contributed by atoms with Crippen LogP contribution in [0.3, 0.4) is 0 Å². The van der Waals surface area contributed by atoms with E-state index in [4.69, 9.17) is 5.11 Å². The monoisotopic (exact) mass is 195 g/mol. The summed E-state index contributed by atoms with van der Waals surface area (Å²) in [5.41, 5.74) is -0.213. The standard InChI is InChI=1S/C8H17NO2.ClH/c1-8(2,3)6(7(10)11)9(4)5;/h6H,1-5H3,(H,10,11);1H. The molecule has 0 heterocycles. The predicted octanol–water partition coefficient (Wildman–Crippen LogP) is 1.47. The molecule has 0 aliphatic heterocycles. The van der Waals surface area contributed by atoms with E-state index in [-0.39, 0.29) is 17.8 Å². The van der Waals surface area contributed by atoms with E-state index in [1.807, 2.05) is 20.8 Å². The molecule has 0 saturated carbocycles. The Labute approximate surface area is 80.2 Å². The van der Waals surface area contributed by atoms with Gasteiger partial charge in [-0.3, -0.25) is 9.69 Å². The normalized spacial score (nSPS) is 13.8. The molecule has 0 rings (SSSR count). The van der Waals surface area contributed by atoms with Gasteiger partial charge in [0.05, 0.1) is 0 Å². The van der Waals surface area contributed by atoms with Gasteiger partial charge in [0.15, 0.2) is 0 Å². The lowest BCUT2D eigenvalue weighted by molar-refractivity contribution is -0.146. The molecule has 0 aliphatic carbocycles. The highest BCUT2D eigenvalue weighted by atomic mass is 35.5. The molecule has 0 spiro atoms. The number of carbonyl (C=O) groups is 1. The lowest BCUT2D eigenvalue weighted by Gasteiger charge is -2.32. The van der Waals surface area contributed by atoms with Crippen LogP contribution in [0.1, 0.15) is 20.8 Å². The summed E-state index contributed by atoms with van der Waals surface area (Å²) in [5, 5.41) is 8.84. The van der Waals surface area contributed by atoms with Crippen LogP contribution in [-0.4, -0.2) is 36.1 Å². The summed E-state index contributed by atoms with van der Waals surface area (Å²) in [7, 11) is 3.56. The van der Waals surface area contributed by atoms with Gasteiger partial charge in [-0.05, 0) is 19.5 Å². The van der Waals surface area contributed by atoms with Crippen LogP contribution in [0.25, 0.3) is 0 Å². The largest absolute Gasteiger partial charge is 0.480 e. The highest BCUT2D eigenvalue weighted by Crippen LogP contribution is 2.22. The first kappa shape index (κ1) is 14.3. The van der Waals surface area contributed by atoms with Gasteiger partial charge in [0, 0.05) is 0 Å². The number of carboxylic acids is 1. The predicted molar refractivity (Wildman–Crippen MR) is 51.8 cm³/mol. The van der Waals surface area contributed by atoms with E-state index in [0.29, 0.717) is 0 Å². The summed E-state index contributed by atoms with van der Waals surface area (Å²) in [5.74, 6) is -0.762. The molecule has 0 aromatic rings. The Bertz CT molecular complexity index is 152. The van der Waals surface area contributed by atoms with Crippen LogP contribution in [-0.2, 0) is 4.79 Å². The van der Waals surface area contributed by atoms with Crippen molar-refractivity contribution in [2.45, 2.75) is 26.8 Å². The molecule has 1 N–H and O–H groups in total. The summed E-state index contributed by atoms with van der Waals surface area (Å²) in [6.45, 7) is 5.77. The molecular weight excluding hydrogens is 178 g/mol. The molecule has 0 aromatic heterocycles. The van der Waals surface area contributed by atoms with Crippen LogP contribution in [0.5, 0.6) is 0 Å². The average Bonchev–Trinajstić information content (AvgIpc) is 1.54. The molecule has 12 heavy (non-hydrogen) atoms. The van der Waals surface area contributed by atoms with Gasteiger partial charge in [-0.1, -0.05) is 20.8 Å². The van der Waals surface area contributed by atoms with Gasteiger partial charge < -0.3 is 5.11 Å². The third kappa shape index (κ3) is 3.93. The first-order valence-electron chi connectivity index (χ1n) is 3.66. The minimum Gasteiger partial charge on any atom is -0.480 e. The van der Waals surface area contributed by atoms with Crippen molar-refractivity contribution in [1.82, 2.24) is 4.90 Å². The van der Waals surface area contributed by atoms with Crippen molar-refractivity contribution in [2.24, 2.45) is 5.41 Å². The second-order valence-corrected chi connectivity index (χ2v) is 4.07. The topological polar surface area (TPSA) is 40.5 Å². The first-order chi connectivity index (χ1) is 4.76. The maximum absolute atomic E-state index is 10.7. The van der Waals surface area contributed by atoms with Gasteiger partial charge in [0.1, 0.15) is 6.04 Å². The minimum atomic E-state index is -0.762. The molecule has 0 aromatic carbocycles. The fraction of sp³-hybridized carbons (Fsp3) is 0.875. The van der Waals surface area contributed by atoms with E-state index in [9.17, 15) is 4.79 Å². The first-order valence-corrected chi connectivity index (χ1v) is 3.66. The van der Waals surface area contributed by atoms with Crippen molar-refractivity contribution in [3.63, 3.8) is 0 Å². The molecule has 0 bridgehead atoms. The number of hydrogen-bond acceptors (Lipinski definition) is 2. The zero-order chi connectivity index (χ0) is 9.23.